The summed E-state index contributed by atoms with van der Waals surface area (Å²) < 4.78 is 8.74. The second kappa shape index (κ2) is 13.6. The van der Waals surface area contributed by atoms with Crippen molar-refractivity contribution in [2.24, 2.45) is 0 Å². The Bertz CT molecular complexity index is 2520. The Hall–Kier alpha value is -5.94. The fourth-order valence-electron chi connectivity index (χ4n) is 7.47. The topological polar surface area (TPSA) is 42.7 Å². The Morgan fingerprint density at radius 2 is 1.25 bits per heavy atom. The fourth-order valence-corrected chi connectivity index (χ4v) is 7.47. The molecule has 5 nitrogen and oxygen atoms in total. The summed E-state index contributed by atoms with van der Waals surface area (Å²) in [4.78, 5) is 12.0. The number of nitrogens with zero attached hydrogens (tertiary/aromatic N) is 4. The molecule has 0 aliphatic heterocycles. The summed E-state index contributed by atoms with van der Waals surface area (Å²) >= 11 is 0. The first-order valence-electron chi connectivity index (χ1n) is 18.3. The molecule has 0 unspecified atom stereocenters. The van der Waals surface area contributed by atoms with Gasteiger partial charge < -0.3 is 9.64 Å². The van der Waals surface area contributed by atoms with Crippen LogP contribution in [0.1, 0.15) is 76.0 Å². The third-order valence-corrected chi connectivity index (χ3v) is 10.1. The predicted octanol–water partition coefficient (Wildman–Crippen LogP) is 13.3. The maximum Gasteiger partial charge on any atom is 0.219 e. The highest BCUT2D eigenvalue weighted by molar-refractivity contribution is 6.13. The van der Waals surface area contributed by atoms with Crippen LogP contribution in [-0.2, 0) is 0 Å². The maximum atomic E-state index is 6.35. The Kier molecular flexibility index (Phi) is 8.72. The summed E-state index contributed by atoms with van der Waals surface area (Å²) in [5.74, 6) is 2.43. The van der Waals surface area contributed by atoms with Crippen molar-refractivity contribution in [1.82, 2.24) is 14.4 Å². The molecule has 0 aliphatic rings. The van der Waals surface area contributed by atoms with E-state index in [1.54, 1.807) is 0 Å². The van der Waals surface area contributed by atoms with Gasteiger partial charge in [0.25, 0.3) is 0 Å². The van der Waals surface area contributed by atoms with E-state index < -0.39 is 0 Å². The van der Waals surface area contributed by atoms with Crippen LogP contribution in [0.4, 0.5) is 17.1 Å². The van der Waals surface area contributed by atoms with E-state index in [9.17, 15) is 0 Å². The van der Waals surface area contributed by atoms with Gasteiger partial charge in [-0.25, -0.2) is 9.97 Å². The number of anilines is 3. The standard InChI is InChI=1S/C47H44N4O/c1-30(2)33-24-25-48-45(26-33)52-37-17-12-16-35(27-37)50(34-14-8-7-9-15-34)36-22-23-40-41-18-10-11-21-43(41)51-44(29-49-47(51)42(40)28-36)46-38(31(3)4)19-13-20-39(46)32(5)6/h7-32H,1-6H3. The summed E-state index contributed by atoms with van der Waals surface area (Å²) in [7, 11) is 0. The van der Waals surface area contributed by atoms with Crippen molar-refractivity contribution < 1.29 is 4.74 Å². The van der Waals surface area contributed by atoms with E-state index in [4.69, 9.17) is 9.72 Å². The third-order valence-electron chi connectivity index (χ3n) is 10.1. The predicted molar refractivity (Wildman–Crippen MR) is 217 cm³/mol. The smallest absolute Gasteiger partial charge is 0.219 e. The van der Waals surface area contributed by atoms with Crippen LogP contribution in [0.5, 0.6) is 11.6 Å². The van der Waals surface area contributed by atoms with E-state index in [0.717, 1.165) is 45.1 Å². The molecule has 8 rings (SSSR count). The molecular weight excluding hydrogens is 637 g/mol. The molecule has 0 N–H and O–H groups in total. The number of imidazole rings is 1. The summed E-state index contributed by atoms with van der Waals surface area (Å²) in [5, 5.41) is 3.46. The molecule has 5 heteroatoms. The second-order valence-electron chi connectivity index (χ2n) is 14.5. The van der Waals surface area contributed by atoms with Gasteiger partial charge in [0, 0.05) is 51.7 Å². The first kappa shape index (κ1) is 33.2. The molecule has 0 fully saturated rings. The van der Waals surface area contributed by atoms with Crippen molar-refractivity contribution in [3.05, 3.63) is 156 Å². The summed E-state index contributed by atoms with van der Waals surface area (Å²) in [5.41, 5.74) is 11.5. The number of ether oxygens (including phenoxy) is 1. The Morgan fingerprint density at radius 3 is 2.00 bits per heavy atom. The van der Waals surface area contributed by atoms with Crippen LogP contribution in [0, 0.1) is 0 Å². The molecular formula is C47H44N4O. The van der Waals surface area contributed by atoms with Gasteiger partial charge in [0.05, 0.1) is 17.4 Å². The number of rotatable bonds is 9. The van der Waals surface area contributed by atoms with Crippen molar-refractivity contribution in [3.63, 3.8) is 0 Å². The number of fused-ring (bicyclic) bond motifs is 6. The molecule has 3 heterocycles. The summed E-state index contributed by atoms with van der Waals surface area (Å²) in [6.07, 6.45) is 3.90. The van der Waals surface area contributed by atoms with E-state index >= 15 is 0 Å². The van der Waals surface area contributed by atoms with Gasteiger partial charge in [-0.15, -0.1) is 0 Å². The second-order valence-corrected chi connectivity index (χ2v) is 14.5. The molecule has 0 saturated heterocycles. The molecule has 0 atom stereocenters. The van der Waals surface area contributed by atoms with Crippen molar-refractivity contribution in [2.75, 3.05) is 4.90 Å². The molecule has 0 radical (unpaired) electrons. The minimum absolute atomic E-state index is 0.367. The summed E-state index contributed by atoms with van der Waals surface area (Å²) in [6, 6.07) is 45.0. The van der Waals surface area contributed by atoms with E-state index in [0.29, 0.717) is 23.6 Å². The lowest BCUT2D eigenvalue weighted by Crippen LogP contribution is -2.10. The van der Waals surface area contributed by atoms with E-state index in [2.05, 4.69) is 165 Å². The highest BCUT2D eigenvalue weighted by Crippen LogP contribution is 2.42. The van der Waals surface area contributed by atoms with Gasteiger partial charge in [0.15, 0.2) is 0 Å². The highest BCUT2D eigenvalue weighted by Gasteiger charge is 2.22. The molecule has 3 aromatic heterocycles. The molecule has 0 bridgehead atoms. The van der Waals surface area contributed by atoms with Gasteiger partial charge in [-0.3, -0.25) is 4.40 Å². The van der Waals surface area contributed by atoms with Gasteiger partial charge in [-0.2, -0.15) is 0 Å². The quantitative estimate of drug-likeness (QED) is 0.142. The largest absolute Gasteiger partial charge is 0.439 e. The number of aromatic nitrogens is 3. The highest BCUT2D eigenvalue weighted by atomic mass is 16.5. The van der Waals surface area contributed by atoms with Crippen LogP contribution >= 0.6 is 0 Å². The molecule has 0 saturated carbocycles. The van der Waals surface area contributed by atoms with Gasteiger partial charge in [0.1, 0.15) is 11.4 Å². The number of hydrogen-bond donors (Lipinski definition) is 0. The first-order chi connectivity index (χ1) is 25.3. The number of hydrogen-bond acceptors (Lipinski definition) is 4. The van der Waals surface area contributed by atoms with Crippen LogP contribution in [-0.4, -0.2) is 14.4 Å². The van der Waals surface area contributed by atoms with E-state index in [-0.39, 0.29) is 0 Å². The van der Waals surface area contributed by atoms with Gasteiger partial charge >= 0.3 is 0 Å². The number of pyridine rings is 2. The minimum atomic E-state index is 0.367. The van der Waals surface area contributed by atoms with Crippen LogP contribution in [0.2, 0.25) is 0 Å². The maximum absolute atomic E-state index is 6.35. The van der Waals surface area contributed by atoms with Crippen molar-refractivity contribution >= 4 is 44.4 Å². The summed E-state index contributed by atoms with van der Waals surface area (Å²) in [6.45, 7) is 13.5. The van der Waals surface area contributed by atoms with Crippen molar-refractivity contribution in [2.45, 2.75) is 59.3 Å². The Labute approximate surface area is 306 Å². The zero-order chi connectivity index (χ0) is 35.9. The lowest BCUT2D eigenvalue weighted by atomic mass is 9.87. The Morgan fingerprint density at radius 1 is 0.558 bits per heavy atom. The van der Waals surface area contributed by atoms with Gasteiger partial charge in [0.2, 0.25) is 5.88 Å². The molecule has 5 aromatic carbocycles. The van der Waals surface area contributed by atoms with E-state index in [1.807, 2.05) is 30.5 Å². The monoisotopic (exact) mass is 680 g/mol. The zero-order valence-corrected chi connectivity index (χ0v) is 30.7. The number of para-hydroxylation sites is 2. The number of benzene rings is 5. The zero-order valence-electron chi connectivity index (χ0n) is 30.7. The van der Waals surface area contributed by atoms with Crippen LogP contribution in [0.15, 0.2) is 140 Å². The molecule has 0 spiro atoms. The van der Waals surface area contributed by atoms with Crippen LogP contribution < -0.4 is 9.64 Å². The minimum Gasteiger partial charge on any atom is -0.439 e. The molecule has 8 aromatic rings. The molecule has 0 aliphatic carbocycles. The molecule has 52 heavy (non-hydrogen) atoms. The molecule has 258 valence electrons. The first-order valence-corrected chi connectivity index (χ1v) is 18.3. The fraction of sp³-hybridized carbons (Fsp3) is 0.191. The van der Waals surface area contributed by atoms with E-state index in [1.165, 1.54) is 33.0 Å². The molecule has 0 amide bonds. The average molecular weight is 681 g/mol. The lowest BCUT2D eigenvalue weighted by molar-refractivity contribution is 0.462. The average Bonchev–Trinajstić information content (AvgIpc) is 3.61. The van der Waals surface area contributed by atoms with Crippen LogP contribution in [0.25, 0.3) is 38.6 Å². The van der Waals surface area contributed by atoms with Gasteiger partial charge in [-0.1, -0.05) is 108 Å². The van der Waals surface area contributed by atoms with Crippen LogP contribution in [0.3, 0.4) is 0 Å². The SMILES string of the molecule is CC(C)c1ccnc(Oc2cccc(N(c3ccccc3)c3ccc4c5ccccc5n5c(-c6c(C(C)C)cccc6C(C)C)cnc5c4c3)c2)c1. The van der Waals surface area contributed by atoms with Gasteiger partial charge in [-0.05, 0) is 88.4 Å². The lowest BCUT2D eigenvalue weighted by Gasteiger charge is -2.26. The van der Waals surface area contributed by atoms with Crippen molar-refractivity contribution in [1.29, 1.82) is 0 Å². The third kappa shape index (κ3) is 5.96. The normalized spacial score (nSPS) is 11.8. The Balaban J connectivity index is 1.33. The van der Waals surface area contributed by atoms with Crippen molar-refractivity contribution in [3.8, 4) is 22.9 Å².